The summed E-state index contributed by atoms with van der Waals surface area (Å²) in [6, 6.07) is 11.6. The van der Waals surface area contributed by atoms with E-state index in [0.717, 1.165) is 5.56 Å². The summed E-state index contributed by atoms with van der Waals surface area (Å²) in [5.41, 5.74) is 2.21. The fraction of sp³-hybridized carbons (Fsp3) is 0.235. The van der Waals surface area contributed by atoms with E-state index in [0.29, 0.717) is 23.5 Å². The normalized spacial score (nSPS) is 10.3. The van der Waals surface area contributed by atoms with Gasteiger partial charge in [0.2, 0.25) is 0 Å². The minimum atomic E-state index is -0.329. The molecule has 0 radical (unpaired) electrons. The van der Waals surface area contributed by atoms with Gasteiger partial charge in [-0.2, -0.15) is 0 Å². The van der Waals surface area contributed by atoms with Gasteiger partial charge in [-0.25, -0.2) is 4.39 Å². The van der Waals surface area contributed by atoms with Crippen LogP contribution >= 0.6 is 0 Å². The monoisotopic (exact) mass is 272 g/mol. The Labute approximate surface area is 118 Å². The molecule has 0 atom stereocenters. The Morgan fingerprint density at radius 1 is 1.20 bits per heavy atom. The highest BCUT2D eigenvalue weighted by Gasteiger charge is 2.13. The second-order valence-electron chi connectivity index (χ2n) is 4.66. The van der Waals surface area contributed by atoms with Crippen LogP contribution in [0, 0.1) is 12.7 Å². The van der Waals surface area contributed by atoms with E-state index < -0.39 is 0 Å². The molecule has 0 aliphatic heterocycles. The zero-order valence-corrected chi connectivity index (χ0v) is 11.7. The number of halogens is 1. The fourth-order valence-corrected chi connectivity index (χ4v) is 2.07. The molecule has 2 aromatic carbocycles. The van der Waals surface area contributed by atoms with Crippen LogP contribution in [0.2, 0.25) is 0 Å². The van der Waals surface area contributed by atoms with Crippen molar-refractivity contribution in [1.29, 1.82) is 0 Å². The van der Waals surface area contributed by atoms with Gasteiger partial charge in [-0.05, 0) is 43.7 Å². The summed E-state index contributed by atoms with van der Waals surface area (Å²) in [6.45, 7) is 4.30. The highest BCUT2D eigenvalue weighted by Crippen LogP contribution is 2.22. The maximum absolute atomic E-state index is 13.1. The Bertz CT molecular complexity index is 620. The van der Waals surface area contributed by atoms with Crippen LogP contribution in [0.25, 0.3) is 0 Å². The molecule has 104 valence electrons. The Morgan fingerprint density at radius 2 is 2.00 bits per heavy atom. The molecular weight excluding hydrogens is 255 g/mol. The maximum atomic E-state index is 13.1. The molecule has 0 amide bonds. The molecule has 0 N–H and O–H groups in total. The lowest BCUT2D eigenvalue weighted by Crippen LogP contribution is -2.07. The average Bonchev–Trinajstić information content (AvgIpc) is 2.41. The van der Waals surface area contributed by atoms with Crippen LogP contribution in [0.15, 0.2) is 42.5 Å². The Kier molecular flexibility index (Phi) is 4.51. The van der Waals surface area contributed by atoms with E-state index in [-0.39, 0.29) is 18.0 Å². The van der Waals surface area contributed by atoms with Gasteiger partial charge in [0.1, 0.15) is 11.6 Å². The lowest BCUT2D eigenvalue weighted by atomic mass is 10.0. The predicted molar refractivity (Wildman–Crippen MR) is 76.8 cm³/mol. The number of hydrogen-bond acceptors (Lipinski definition) is 2. The van der Waals surface area contributed by atoms with Crippen LogP contribution in [0.1, 0.15) is 28.4 Å². The van der Waals surface area contributed by atoms with Crippen LogP contribution in [0.5, 0.6) is 5.75 Å². The van der Waals surface area contributed by atoms with Gasteiger partial charge in [0.05, 0.1) is 12.2 Å². The number of rotatable bonds is 5. The van der Waals surface area contributed by atoms with Gasteiger partial charge in [0, 0.05) is 6.42 Å². The van der Waals surface area contributed by atoms with Crippen LogP contribution < -0.4 is 4.74 Å². The molecule has 0 heterocycles. The van der Waals surface area contributed by atoms with E-state index in [4.69, 9.17) is 4.74 Å². The largest absolute Gasteiger partial charge is 0.493 e. The summed E-state index contributed by atoms with van der Waals surface area (Å²) in [7, 11) is 0. The van der Waals surface area contributed by atoms with Crippen LogP contribution in [0.4, 0.5) is 4.39 Å². The number of hydrogen-bond donors (Lipinski definition) is 0. The molecule has 0 aliphatic carbocycles. The Balaban J connectivity index is 2.26. The van der Waals surface area contributed by atoms with Crippen LogP contribution in [-0.2, 0) is 6.42 Å². The summed E-state index contributed by atoms with van der Waals surface area (Å²) in [6.07, 6.45) is 0.168. The molecule has 3 heteroatoms. The van der Waals surface area contributed by atoms with Crippen molar-refractivity contribution >= 4 is 5.78 Å². The van der Waals surface area contributed by atoms with Crippen molar-refractivity contribution in [2.45, 2.75) is 20.3 Å². The van der Waals surface area contributed by atoms with Crippen LogP contribution in [0.3, 0.4) is 0 Å². The Morgan fingerprint density at radius 3 is 2.70 bits per heavy atom. The minimum absolute atomic E-state index is 0.0669. The topological polar surface area (TPSA) is 26.3 Å². The van der Waals surface area contributed by atoms with Gasteiger partial charge >= 0.3 is 0 Å². The highest BCUT2D eigenvalue weighted by atomic mass is 19.1. The third-order valence-electron chi connectivity index (χ3n) is 2.99. The molecule has 0 saturated carbocycles. The van der Waals surface area contributed by atoms with Gasteiger partial charge in [-0.15, -0.1) is 0 Å². The first kappa shape index (κ1) is 14.3. The standard InChI is InChI=1S/C17H17FO2/c1-3-20-17-8-7-12(2)9-15(17)16(19)11-13-5-4-6-14(18)10-13/h4-10H,3,11H2,1-2H3. The van der Waals surface area contributed by atoms with E-state index in [1.165, 1.54) is 12.1 Å². The second kappa shape index (κ2) is 6.33. The van der Waals surface area contributed by atoms with E-state index in [9.17, 15) is 9.18 Å². The van der Waals surface area contributed by atoms with E-state index in [1.807, 2.05) is 26.0 Å². The van der Waals surface area contributed by atoms with Crippen molar-refractivity contribution in [2.75, 3.05) is 6.61 Å². The number of carbonyl (C=O) groups excluding carboxylic acids is 1. The average molecular weight is 272 g/mol. The van der Waals surface area contributed by atoms with E-state index >= 15 is 0 Å². The fourth-order valence-electron chi connectivity index (χ4n) is 2.07. The van der Waals surface area contributed by atoms with Crippen molar-refractivity contribution < 1.29 is 13.9 Å². The molecule has 20 heavy (non-hydrogen) atoms. The number of carbonyl (C=O) groups is 1. The van der Waals surface area contributed by atoms with Gasteiger partial charge < -0.3 is 4.74 Å². The van der Waals surface area contributed by atoms with Crippen molar-refractivity contribution in [1.82, 2.24) is 0 Å². The number of benzene rings is 2. The zero-order valence-electron chi connectivity index (χ0n) is 11.7. The molecule has 0 bridgehead atoms. The lowest BCUT2D eigenvalue weighted by molar-refractivity contribution is 0.0989. The lowest BCUT2D eigenvalue weighted by Gasteiger charge is -2.10. The zero-order chi connectivity index (χ0) is 14.5. The van der Waals surface area contributed by atoms with Crippen molar-refractivity contribution in [2.24, 2.45) is 0 Å². The number of ketones is 1. The van der Waals surface area contributed by atoms with E-state index in [2.05, 4.69) is 0 Å². The SMILES string of the molecule is CCOc1ccc(C)cc1C(=O)Cc1cccc(F)c1. The molecule has 0 spiro atoms. The first-order chi connectivity index (χ1) is 9.60. The molecule has 0 unspecified atom stereocenters. The third-order valence-corrected chi connectivity index (χ3v) is 2.99. The summed E-state index contributed by atoms with van der Waals surface area (Å²) in [5.74, 6) is 0.187. The van der Waals surface area contributed by atoms with Gasteiger partial charge in [0.15, 0.2) is 5.78 Å². The molecule has 0 aromatic heterocycles. The third kappa shape index (κ3) is 3.44. The maximum Gasteiger partial charge on any atom is 0.170 e. The van der Waals surface area contributed by atoms with Crippen LogP contribution in [-0.4, -0.2) is 12.4 Å². The van der Waals surface area contributed by atoms with E-state index in [1.54, 1.807) is 18.2 Å². The molecule has 0 fully saturated rings. The Hall–Kier alpha value is -2.16. The molecule has 0 aliphatic rings. The quantitative estimate of drug-likeness (QED) is 0.770. The minimum Gasteiger partial charge on any atom is -0.493 e. The summed E-state index contributed by atoms with van der Waals surface area (Å²) < 4.78 is 18.6. The molecule has 2 aromatic rings. The van der Waals surface area contributed by atoms with Crippen molar-refractivity contribution in [3.8, 4) is 5.75 Å². The predicted octanol–water partition coefficient (Wildman–Crippen LogP) is 3.96. The van der Waals surface area contributed by atoms with Gasteiger partial charge in [-0.1, -0.05) is 23.8 Å². The molecule has 2 nitrogen and oxygen atoms in total. The summed E-state index contributed by atoms with van der Waals surface area (Å²) >= 11 is 0. The number of aryl methyl sites for hydroxylation is 1. The molecule has 2 rings (SSSR count). The van der Waals surface area contributed by atoms with Crippen molar-refractivity contribution in [3.05, 3.63) is 65.0 Å². The molecule has 0 saturated heterocycles. The van der Waals surface area contributed by atoms with Crippen molar-refractivity contribution in [3.63, 3.8) is 0 Å². The highest BCUT2D eigenvalue weighted by molar-refractivity contribution is 6.00. The smallest absolute Gasteiger partial charge is 0.170 e. The first-order valence-electron chi connectivity index (χ1n) is 6.61. The number of ether oxygens (including phenoxy) is 1. The van der Waals surface area contributed by atoms with Gasteiger partial charge in [-0.3, -0.25) is 4.79 Å². The van der Waals surface area contributed by atoms with Gasteiger partial charge in [0.25, 0.3) is 0 Å². The summed E-state index contributed by atoms with van der Waals surface area (Å²) in [4.78, 5) is 12.4. The first-order valence-corrected chi connectivity index (χ1v) is 6.61. The second-order valence-corrected chi connectivity index (χ2v) is 4.66. The summed E-state index contributed by atoms with van der Waals surface area (Å²) in [5, 5.41) is 0. The molecular formula is C17H17FO2. The number of Topliss-reactive ketones (excluding diaryl/α,β-unsaturated/α-hetero) is 1.